The SMILES string of the molecule is Cc1ccc(C)c(NC(=O)COC(=O)[C@@H](C(C)C)N2C(=O)c3c(I)c(I)c(I)c(I)c3C2=O)c1. The summed E-state index contributed by atoms with van der Waals surface area (Å²) in [6.45, 7) is 6.71. The van der Waals surface area contributed by atoms with E-state index >= 15 is 0 Å². The highest BCUT2D eigenvalue weighted by molar-refractivity contribution is 14.1. The fraction of sp³-hybridized carbons (Fsp3) is 0.304. The van der Waals surface area contributed by atoms with Crippen molar-refractivity contribution in [2.75, 3.05) is 11.9 Å². The predicted molar refractivity (Wildman–Crippen MR) is 162 cm³/mol. The third kappa shape index (κ3) is 5.40. The Kier molecular flexibility index (Phi) is 9.25. The maximum absolute atomic E-state index is 13.3. The summed E-state index contributed by atoms with van der Waals surface area (Å²) in [4.78, 5) is 53.1. The molecule has 7 nitrogen and oxygen atoms in total. The number of nitrogens with one attached hydrogen (secondary N) is 1. The van der Waals surface area contributed by atoms with E-state index < -0.39 is 42.3 Å². The first-order valence-corrected chi connectivity index (χ1v) is 14.5. The second kappa shape index (κ2) is 11.2. The highest BCUT2D eigenvalue weighted by Gasteiger charge is 2.47. The predicted octanol–water partition coefficient (Wildman–Crippen LogP) is 5.52. The van der Waals surface area contributed by atoms with Crippen LogP contribution < -0.4 is 5.32 Å². The molecule has 1 heterocycles. The van der Waals surface area contributed by atoms with Gasteiger partial charge in [-0.2, -0.15) is 0 Å². The van der Waals surface area contributed by atoms with Gasteiger partial charge < -0.3 is 10.1 Å². The molecular weight excluding hydrogens is 892 g/mol. The number of anilines is 1. The normalized spacial score (nSPS) is 13.9. The van der Waals surface area contributed by atoms with Gasteiger partial charge in [-0.3, -0.25) is 19.3 Å². The molecule has 1 aliphatic rings. The molecule has 0 radical (unpaired) electrons. The number of aryl methyl sites for hydroxylation is 2. The molecule has 0 aliphatic carbocycles. The van der Waals surface area contributed by atoms with Crippen molar-refractivity contribution >= 4 is 120 Å². The van der Waals surface area contributed by atoms with Gasteiger partial charge >= 0.3 is 5.97 Å². The van der Waals surface area contributed by atoms with Crippen LogP contribution in [-0.4, -0.2) is 41.2 Å². The Labute approximate surface area is 252 Å². The largest absolute Gasteiger partial charge is 0.454 e. The van der Waals surface area contributed by atoms with Gasteiger partial charge in [-0.05, 0) is 127 Å². The smallest absolute Gasteiger partial charge is 0.330 e. The van der Waals surface area contributed by atoms with Crippen molar-refractivity contribution in [3.8, 4) is 0 Å². The molecule has 2 aromatic rings. The van der Waals surface area contributed by atoms with Crippen molar-refractivity contribution in [3.05, 3.63) is 54.7 Å². The molecule has 11 heteroatoms. The maximum Gasteiger partial charge on any atom is 0.330 e. The molecule has 0 unspecified atom stereocenters. The lowest BCUT2D eigenvalue weighted by Gasteiger charge is -2.27. The van der Waals surface area contributed by atoms with E-state index in [1.165, 1.54) is 0 Å². The van der Waals surface area contributed by atoms with Gasteiger partial charge in [0.25, 0.3) is 17.7 Å². The van der Waals surface area contributed by atoms with Crippen LogP contribution in [0.2, 0.25) is 0 Å². The summed E-state index contributed by atoms with van der Waals surface area (Å²) in [5.41, 5.74) is 3.12. The summed E-state index contributed by atoms with van der Waals surface area (Å²) in [6.07, 6.45) is 0. The molecule has 0 aromatic heterocycles. The van der Waals surface area contributed by atoms with E-state index in [4.69, 9.17) is 4.74 Å². The Hall–Kier alpha value is -0.560. The number of hydrogen-bond acceptors (Lipinski definition) is 5. The topological polar surface area (TPSA) is 92.8 Å². The molecule has 0 saturated heterocycles. The van der Waals surface area contributed by atoms with Gasteiger partial charge in [-0.25, -0.2) is 4.79 Å². The average Bonchev–Trinajstić information content (AvgIpc) is 3.02. The molecule has 0 spiro atoms. The number of hydrogen-bond donors (Lipinski definition) is 1. The van der Waals surface area contributed by atoms with E-state index in [0.29, 0.717) is 24.0 Å². The number of carbonyl (C=O) groups excluding carboxylic acids is 4. The molecule has 1 aliphatic heterocycles. The lowest BCUT2D eigenvalue weighted by molar-refractivity contribution is -0.152. The lowest BCUT2D eigenvalue weighted by Crippen LogP contribution is -2.49. The minimum absolute atomic E-state index is 0.311. The minimum Gasteiger partial charge on any atom is -0.454 e. The summed E-state index contributed by atoms with van der Waals surface area (Å²) in [5.74, 6) is -2.75. The zero-order chi connectivity index (χ0) is 25.5. The summed E-state index contributed by atoms with van der Waals surface area (Å²) in [5, 5.41) is 2.74. The van der Waals surface area contributed by atoms with E-state index in [1.807, 2.05) is 32.0 Å². The second-order valence-corrected chi connectivity index (χ2v) is 12.5. The molecule has 34 heavy (non-hydrogen) atoms. The van der Waals surface area contributed by atoms with Gasteiger partial charge in [0, 0.05) is 20.0 Å². The monoisotopic (exact) mass is 912 g/mol. The molecule has 0 saturated carbocycles. The van der Waals surface area contributed by atoms with Gasteiger partial charge in [-0.1, -0.05) is 26.0 Å². The second-order valence-electron chi connectivity index (χ2n) is 8.15. The standard InChI is InChI=1S/C23H20I4N2O5/c1-9(2)20(23(33)34-8-13(30)28-12-7-10(3)5-6-11(12)4)29-21(31)14-15(22(29)32)17(25)19(27)18(26)16(14)24/h5-7,9,20H,8H2,1-4H3,(H,28,30)/t20-/m1/s1. The van der Waals surface area contributed by atoms with Crippen LogP contribution in [0.3, 0.4) is 0 Å². The van der Waals surface area contributed by atoms with E-state index in [0.717, 1.165) is 23.2 Å². The number of amides is 3. The van der Waals surface area contributed by atoms with E-state index in [9.17, 15) is 19.2 Å². The van der Waals surface area contributed by atoms with Crippen LogP contribution in [0.4, 0.5) is 5.69 Å². The molecule has 3 rings (SSSR count). The van der Waals surface area contributed by atoms with Crippen molar-refractivity contribution in [1.82, 2.24) is 4.90 Å². The van der Waals surface area contributed by atoms with Crippen LogP contribution in [0.25, 0.3) is 0 Å². The summed E-state index contributed by atoms with van der Waals surface area (Å²) in [7, 11) is 0. The van der Waals surface area contributed by atoms with Gasteiger partial charge in [0.05, 0.1) is 11.1 Å². The van der Waals surface area contributed by atoms with E-state index in [1.54, 1.807) is 13.8 Å². The van der Waals surface area contributed by atoms with Gasteiger partial charge in [-0.15, -0.1) is 0 Å². The fourth-order valence-electron chi connectivity index (χ4n) is 3.57. The van der Waals surface area contributed by atoms with E-state index in [-0.39, 0.29) is 0 Å². The first-order valence-electron chi connectivity index (χ1n) is 10.1. The van der Waals surface area contributed by atoms with Crippen LogP contribution >= 0.6 is 90.4 Å². The first kappa shape index (κ1) is 28.0. The number of halogens is 4. The minimum atomic E-state index is -1.15. The highest BCUT2D eigenvalue weighted by atomic mass is 127. The van der Waals surface area contributed by atoms with Gasteiger partial charge in [0.2, 0.25) is 0 Å². The molecule has 2 aromatic carbocycles. The van der Waals surface area contributed by atoms with Gasteiger partial charge in [0.1, 0.15) is 6.04 Å². The highest BCUT2D eigenvalue weighted by Crippen LogP contribution is 2.39. The molecule has 0 fully saturated rings. The Morgan fingerprint density at radius 2 is 1.47 bits per heavy atom. The number of fused-ring (bicyclic) bond motifs is 1. The van der Waals surface area contributed by atoms with Crippen molar-refractivity contribution in [3.63, 3.8) is 0 Å². The number of esters is 1. The van der Waals surface area contributed by atoms with Crippen molar-refractivity contribution in [2.24, 2.45) is 5.92 Å². The van der Waals surface area contributed by atoms with E-state index in [2.05, 4.69) is 95.7 Å². The first-order chi connectivity index (χ1) is 15.9. The van der Waals surface area contributed by atoms with Crippen LogP contribution in [-0.2, 0) is 14.3 Å². The molecule has 1 N–H and O–H groups in total. The Morgan fingerprint density at radius 1 is 0.941 bits per heavy atom. The number of nitrogens with zero attached hydrogens (tertiary/aromatic N) is 1. The fourth-order valence-corrected chi connectivity index (χ4v) is 7.22. The summed E-state index contributed by atoms with van der Waals surface area (Å²) in [6, 6.07) is 4.50. The van der Waals surface area contributed by atoms with Crippen LogP contribution in [0.15, 0.2) is 18.2 Å². The Morgan fingerprint density at radius 3 is 1.97 bits per heavy atom. The quantitative estimate of drug-likeness (QED) is 0.136. The maximum atomic E-state index is 13.3. The Balaban J connectivity index is 1.81. The molecule has 1 atom stereocenters. The number of rotatable bonds is 6. The molecular formula is C23H20I4N2O5. The Bertz CT molecular complexity index is 1180. The molecule has 3 amide bonds. The van der Waals surface area contributed by atoms with Crippen LogP contribution in [0.1, 0.15) is 45.7 Å². The zero-order valence-corrected chi connectivity index (χ0v) is 27.2. The van der Waals surface area contributed by atoms with Crippen molar-refractivity contribution in [2.45, 2.75) is 33.7 Å². The number of carbonyl (C=O) groups is 4. The van der Waals surface area contributed by atoms with Gasteiger partial charge in [0.15, 0.2) is 6.61 Å². The van der Waals surface area contributed by atoms with Crippen LogP contribution in [0.5, 0.6) is 0 Å². The number of ether oxygens (including phenoxy) is 1. The lowest BCUT2D eigenvalue weighted by atomic mass is 10.0. The number of benzene rings is 2. The summed E-state index contributed by atoms with van der Waals surface area (Å²) < 4.78 is 8.42. The molecule has 180 valence electrons. The molecule has 0 bridgehead atoms. The van der Waals surface area contributed by atoms with Crippen molar-refractivity contribution < 1.29 is 23.9 Å². The van der Waals surface area contributed by atoms with Crippen molar-refractivity contribution in [1.29, 1.82) is 0 Å². The zero-order valence-electron chi connectivity index (χ0n) is 18.6. The third-order valence-electron chi connectivity index (χ3n) is 5.30. The number of imide groups is 1. The third-order valence-corrected chi connectivity index (χ3v) is 12.7. The van der Waals surface area contributed by atoms with Crippen LogP contribution in [0, 0.1) is 34.0 Å². The average molecular weight is 912 g/mol. The summed E-state index contributed by atoms with van der Waals surface area (Å²) >= 11 is 8.43.